The van der Waals surface area contributed by atoms with Gasteiger partial charge in [-0.1, -0.05) is 34.1 Å². The summed E-state index contributed by atoms with van der Waals surface area (Å²) in [5, 5.41) is 0. The smallest absolute Gasteiger partial charge is 0.0664 e. The zero-order chi connectivity index (χ0) is 11.4. The maximum Gasteiger partial charge on any atom is 0.0664 e. The second kappa shape index (κ2) is 5.15. The average Bonchev–Trinajstić information content (AvgIpc) is 2.18. The van der Waals surface area contributed by atoms with E-state index in [0.717, 1.165) is 23.5 Å². The third kappa shape index (κ3) is 2.95. The molecule has 0 radical (unpaired) electrons. The molecule has 1 aromatic heterocycles. The molecule has 2 nitrogen and oxygen atoms in total. The maximum atomic E-state index is 5.96. The molecule has 1 rings (SSSR count). The van der Waals surface area contributed by atoms with Crippen LogP contribution in [0.5, 0.6) is 0 Å². The van der Waals surface area contributed by atoms with Crippen LogP contribution in [0.3, 0.4) is 0 Å². The van der Waals surface area contributed by atoms with Crippen molar-refractivity contribution >= 4 is 5.69 Å². The van der Waals surface area contributed by atoms with E-state index in [9.17, 15) is 0 Å². The molecule has 15 heavy (non-hydrogen) atoms. The summed E-state index contributed by atoms with van der Waals surface area (Å²) in [6.45, 7) is 8.71. The van der Waals surface area contributed by atoms with Crippen LogP contribution in [0.1, 0.15) is 63.8 Å². The molecule has 84 valence electrons. The Morgan fingerprint density at radius 3 is 2.47 bits per heavy atom. The molecule has 0 aliphatic rings. The molecule has 1 heterocycles. The lowest BCUT2D eigenvalue weighted by atomic mass is 9.99. The zero-order valence-corrected chi connectivity index (χ0v) is 10.2. The second-order valence-corrected chi connectivity index (χ2v) is 4.56. The molecular weight excluding hydrogens is 184 g/mol. The lowest BCUT2D eigenvalue weighted by Crippen LogP contribution is -2.05. The van der Waals surface area contributed by atoms with Crippen LogP contribution >= 0.6 is 0 Å². The summed E-state index contributed by atoms with van der Waals surface area (Å²) in [6.07, 6.45) is 2.33. The van der Waals surface area contributed by atoms with E-state index in [-0.39, 0.29) is 0 Å². The van der Waals surface area contributed by atoms with Crippen molar-refractivity contribution in [2.75, 3.05) is 5.73 Å². The highest BCUT2D eigenvalue weighted by Gasteiger charge is 2.12. The first-order valence-electron chi connectivity index (χ1n) is 5.82. The fraction of sp³-hybridized carbons (Fsp3) is 0.615. The number of pyridine rings is 1. The van der Waals surface area contributed by atoms with Gasteiger partial charge in [0.1, 0.15) is 0 Å². The van der Waals surface area contributed by atoms with E-state index in [4.69, 9.17) is 5.73 Å². The Kier molecular flexibility index (Phi) is 4.13. The molecule has 0 aliphatic heterocycles. The monoisotopic (exact) mass is 206 g/mol. The van der Waals surface area contributed by atoms with Gasteiger partial charge in [0.2, 0.25) is 0 Å². The van der Waals surface area contributed by atoms with E-state index in [1.165, 1.54) is 6.42 Å². The van der Waals surface area contributed by atoms with Crippen LogP contribution in [0.15, 0.2) is 12.1 Å². The van der Waals surface area contributed by atoms with Gasteiger partial charge in [-0.3, -0.25) is 4.98 Å². The van der Waals surface area contributed by atoms with Gasteiger partial charge in [0.15, 0.2) is 0 Å². The van der Waals surface area contributed by atoms with Crippen LogP contribution in [0.4, 0.5) is 5.69 Å². The van der Waals surface area contributed by atoms with Crippen molar-refractivity contribution in [2.24, 2.45) is 0 Å². The molecule has 2 heteroatoms. The molecule has 0 saturated heterocycles. The van der Waals surface area contributed by atoms with E-state index < -0.39 is 0 Å². The van der Waals surface area contributed by atoms with Gasteiger partial charge in [-0.15, -0.1) is 0 Å². The van der Waals surface area contributed by atoms with Crippen molar-refractivity contribution in [3.8, 4) is 0 Å². The van der Waals surface area contributed by atoms with Crippen molar-refractivity contribution in [1.82, 2.24) is 4.98 Å². The summed E-state index contributed by atoms with van der Waals surface area (Å²) in [4.78, 5) is 4.67. The predicted molar refractivity (Wildman–Crippen MR) is 66.1 cm³/mol. The minimum absolute atomic E-state index is 0.466. The number of hydrogen-bond donors (Lipinski definition) is 1. The minimum atomic E-state index is 0.466. The van der Waals surface area contributed by atoms with E-state index in [1.54, 1.807) is 0 Å². The summed E-state index contributed by atoms with van der Waals surface area (Å²) < 4.78 is 0. The third-order valence-electron chi connectivity index (χ3n) is 2.76. The normalized spacial score (nSPS) is 13.1. The molecule has 1 atom stereocenters. The molecule has 1 aromatic rings. The van der Waals surface area contributed by atoms with Crippen molar-refractivity contribution in [1.29, 1.82) is 0 Å². The number of anilines is 1. The van der Waals surface area contributed by atoms with E-state index in [0.29, 0.717) is 11.8 Å². The van der Waals surface area contributed by atoms with Gasteiger partial charge in [0, 0.05) is 11.6 Å². The van der Waals surface area contributed by atoms with Crippen LogP contribution in [0, 0.1) is 0 Å². The summed E-state index contributed by atoms with van der Waals surface area (Å²) in [6, 6.07) is 4.02. The fourth-order valence-corrected chi connectivity index (χ4v) is 1.79. The molecule has 0 amide bonds. The van der Waals surface area contributed by atoms with Gasteiger partial charge in [0.05, 0.1) is 11.4 Å². The molecule has 1 unspecified atom stereocenters. The quantitative estimate of drug-likeness (QED) is 0.816. The Hall–Kier alpha value is -1.05. The average molecular weight is 206 g/mol. The molecule has 0 bridgehead atoms. The Morgan fingerprint density at radius 2 is 1.93 bits per heavy atom. The van der Waals surface area contributed by atoms with Gasteiger partial charge in [-0.25, -0.2) is 0 Å². The lowest BCUT2D eigenvalue weighted by molar-refractivity contribution is 0.642. The van der Waals surface area contributed by atoms with Crippen LogP contribution in [-0.2, 0) is 0 Å². The summed E-state index contributed by atoms with van der Waals surface area (Å²) in [5.41, 5.74) is 9.01. The van der Waals surface area contributed by atoms with Gasteiger partial charge >= 0.3 is 0 Å². The molecule has 0 saturated carbocycles. The first kappa shape index (κ1) is 12.0. The topological polar surface area (TPSA) is 38.9 Å². The van der Waals surface area contributed by atoms with Crippen LogP contribution in [-0.4, -0.2) is 4.98 Å². The molecule has 0 aliphatic carbocycles. The largest absolute Gasteiger partial charge is 0.397 e. The van der Waals surface area contributed by atoms with Gasteiger partial charge < -0.3 is 5.73 Å². The lowest BCUT2D eigenvalue weighted by Gasteiger charge is -2.15. The van der Waals surface area contributed by atoms with Crippen molar-refractivity contribution < 1.29 is 0 Å². The number of nitrogen functional groups attached to an aromatic ring is 1. The second-order valence-electron chi connectivity index (χ2n) is 4.56. The van der Waals surface area contributed by atoms with Gasteiger partial charge in [-0.05, 0) is 24.5 Å². The van der Waals surface area contributed by atoms with Crippen LogP contribution < -0.4 is 5.73 Å². The standard InChI is InChI=1S/C13H22N2/c1-5-6-10(4)13-11(14)7-8-12(15-13)9(2)3/h7-10H,5-6,14H2,1-4H3. The summed E-state index contributed by atoms with van der Waals surface area (Å²) in [5.74, 6) is 0.937. The highest BCUT2D eigenvalue weighted by molar-refractivity contribution is 5.45. The predicted octanol–water partition coefficient (Wildman–Crippen LogP) is 3.69. The highest BCUT2D eigenvalue weighted by atomic mass is 14.8. The van der Waals surface area contributed by atoms with E-state index >= 15 is 0 Å². The Bertz CT molecular complexity index is 318. The SMILES string of the molecule is CCCC(C)c1nc(C(C)C)ccc1N. The van der Waals surface area contributed by atoms with Crippen molar-refractivity contribution in [2.45, 2.75) is 52.4 Å². The Morgan fingerprint density at radius 1 is 1.27 bits per heavy atom. The number of rotatable bonds is 4. The first-order chi connectivity index (χ1) is 7.06. The van der Waals surface area contributed by atoms with Gasteiger partial charge in [-0.2, -0.15) is 0 Å². The van der Waals surface area contributed by atoms with Crippen LogP contribution in [0.25, 0.3) is 0 Å². The molecule has 0 fully saturated rings. The number of hydrogen-bond acceptors (Lipinski definition) is 2. The number of nitrogens with zero attached hydrogens (tertiary/aromatic N) is 1. The van der Waals surface area contributed by atoms with Crippen LogP contribution in [0.2, 0.25) is 0 Å². The van der Waals surface area contributed by atoms with E-state index in [2.05, 4.69) is 32.7 Å². The van der Waals surface area contributed by atoms with Crippen molar-refractivity contribution in [3.05, 3.63) is 23.5 Å². The Labute approximate surface area is 92.9 Å². The Balaban J connectivity index is 2.99. The summed E-state index contributed by atoms with van der Waals surface area (Å²) >= 11 is 0. The van der Waals surface area contributed by atoms with E-state index in [1.807, 2.05) is 12.1 Å². The highest BCUT2D eigenvalue weighted by Crippen LogP contribution is 2.26. The molecular formula is C13H22N2. The fourth-order valence-electron chi connectivity index (χ4n) is 1.79. The number of nitrogens with two attached hydrogens (primary N) is 1. The molecule has 0 spiro atoms. The number of aromatic nitrogens is 1. The zero-order valence-electron chi connectivity index (χ0n) is 10.2. The van der Waals surface area contributed by atoms with Gasteiger partial charge in [0.25, 0.3) is 0 Å². The minimum Gasteiger partial charge on any atom is -0.397 e. The van der Waals surface area contributed by atoms with Crippen molar-refractivity contribution in [3.63, 3.8) is 0 Å². The molecule has 2 N–H and O–H groups in total. The summed E-state index contributed by atoms with van der Waals surface area (Å²) in [7, 11) is 0. The first-order valence-corrected chi connectivity index (χ1v) is 5.82. The molecule has 0 aromatic carbocycles. The third-order valence-corrected chi connectivity index (χ3v) is 2.76. The maximum absolute atomic E-state index is 5.96.